The van der Waals surface area contributed by atoms with E-state index in [2.05, 4.69) is 11.9 Å². The van der Waals surface area contributed by atoms with Crippen molar-refractivity contribution >= 4 is 16.8 Å². The van der Waals surface area contributed by atoms with Crippen LogP contribution in [0.3, 0.4) is 0 Å². The van der Waals surface area contributed by atoms with E-state index in [1.54, 1.807) is 0 Å². The number of nitrogens with zero attached hydrogens (tertiary/aromatic N) is 2. The molecule has 90 valence electrons. The zero-order valence-corrected chi connectivity index (χ0v) is 10.6. The molecule has 3 heteroatoms. The highest BCUT2D eigenvalue weighted by Gasteiger charge is 2.20. The number of aromatic nitrogens is 2. The molecule has 3 nitrogen and oxygen atoms in total. The van der Waals surface area contributed by atoms with E-state index in [1.807, 2.05) is 42.8 Å². The Bertz CT molecular complexity index is 542. The number of Topliss-reactive ketones (excluding diaryl/α,β-unsaturated/α-hetero) is 1. The number of fused-ring (bicyclic) bond motifs is 1. The summed E-state index contributed by atoms with van der Waals surface area (Å²) in [5, 5.41) is 0. The van der Waals surface area contributed by atoms with Gasteiger partial charge in [0.1, 0.15) is 0 Å². The van der Waals surface area contributed by atoms with Gasteiger partial charge in [0.15, 0.2) is 5.82 Å². The first-order chi connectivity index (χ1) is 8.15. The monoisotopic (exact) mass is 230 g/mol. The Hall–Kier alpha value is -1.64. The van der Waals surface area contributed by atoms with Crippen molar-refractivity contribution < 1.29 is 4.79 Å². The molecule has 1 aromatic heterocycles. The van der Waals surface area contributed by atoms with Crippen LogP contribution in [0.1, 0.15) is 37.3 Å². The summed E-state index contributed by atoms with van der Waals surface area (Å²) in [7, 11) is 1.90. The fourth-order valence-electron chi connectivity index (χ4n) is 2.15. The van der Waals surface area contributed by atoms with E-state index in [4.69, 9.17) is 0 Å². The first-order valence-electron chi connectivity index (χ1n) is 6.10. The summed E-state index contributed by atoms with van der Waals surface area (Å²) in [6.45, 7) is 4.07. The second kappa shape index (κ2) is 4.70. The maximum absolute atomic E-state index is 12.2. The summed E-state index contributed by atoms with van der Waals surface area (Å²) in [4.78, 5) is 16.7. The SMILES string of the molecule is CCCC(C)C(=O)c1nc2ccccc2n1C. The van der Waals surface area contributed by atoms with Crippen molar-refractivity contribution in [2.75, 3.05) is 0 Å². The number of hydrogen-bond donors (Lipinski definition) is 0. The van der Waals surface area contributed by atoms with Crippen molar-refractivity contribution in [2.24, 2.45) is 13.0 Å². The van der Waals surface area contributed by atoms with E-state index >= 15 is 0 Å². The minimum absolute atomic E-state index is 0.0514. The number of hydrogen-bond acceptors (Lipinski definition) is 2. The summed E-state index contributed by atoms with van der Waals surface area (Å²) < 4.78 is 1.89. The largest absolute Gasteiger partial charge is 0.325 e. The quantitative estimate of drug-likeness (QED) is 0.756. The number of carbonyl (C=O) groups excluding carboxylic acids is 1. The molecule has 0 aliphatic rings. The second-order valence-corrected chi connectivity index (χ2v) is 4.54. The van der Waals surface area contributed by atoms with Crippen molar-refractivity contribution in [2.45, 2.75) is 26.7 Å². The Morgan fingerprint density at radius 3 is 2.76 bits per heavy atom. The van der Waals surface area contributed by atoms with Gasteiger partial charge >= 0.3 is 0 Å². The molecule has 0 bridgehead atoms. The van der Waals surface area contributed by atoms with Crippen LogP contribution in [0.5, 0.6) is 0 Å². The van der Waals surface area contributed by atoms with E-state index in [0.717, 1.165) is 23.9 Å². The number of benzene rings is 1. The summed E-state index contributed by atoms with van der Waals surface area (Å²) in [5.74, 6) is 0.771. The van der Waals surface area contributed by atoms with Gasteiger partial charge in [0.05, 0.1) is 11.0 Å². The maximum Gasteiger partial charge on any atom is 0.201 e. The zero-order valence-electron chi connectivity index (χ0n) is 10.6. The highest BCUT2D eigenvalue weighted by molar-refractivity contribution is 5.97. The molecule has 17 heavy (non-hydrogen) atoms. The average molecular weight is 230 g/mol. The third kappa shape index (κ3) is 2.09. The molecule has 0 spiro atoms. The molecule has 0 radical (unpaired) electrons. The average Bonchev–Trinajstić information content (AvgIpc) is 2.67. The van der Waals surface area contributed by atoms with Crippen LogP contribution in [-0.4, -0.2) is 15.3 Å². The Morgan fingerprint density at radius 1 is 1.41 bits per heavy atom. The first-order valence-corrected chi connectivity index (χ1v) is 6.10. The minimum atomic E-state index is 0.0514. The smallest absolute Gasteiger partial charge is 0.201 e. The van der Waals surface area contributed by atoms with E-state index in [9.17, 15) is 4.79 Å². The number of ketones is 1. The van der Waals surface area contributed by atoms with Crippen LogP contribution in [0.2, 0.25) is 0 Å². The Kier molecular flexibility index (Phi) is 3.27. The van der Waals surface area contributed by atoms with Gasteiger partial charge in [0.2, 0.25) is 5.78 Å². The summed E-state index contributed by atoms with van der Waals surface area (Å²) in [5.41, 5.74) is 1.90. The molecule has 1 atom stereocenters. The van der Waals surface area contributed by atoms with E-state index in [0.29, 0.717) is 5.82 Å². The lowest BCUT2D eigenvalue weighted by atomic mass is 10.0. The second-order valence-electron chi connectivity index (χ2n) is 4.54. The van der Waals surface area contributed by atoms with Crippen molar-refractivity contribution in [3.8, 4) is 0 Å². The summed E-state index contributed by atoms with van der Waals surface area (Å²) in [6.07, 6.45) is 1.94. The lowest BCUT2D eigenvalue weighted by Crippen LogP contribution is -2.15. The van der Waals surface area contributed by atoms with Gasteiger partial charge in [-0.25, -0.2) is 4.98 Å². The van der Waals surface area contributed by atoms with Crippen LogP contribution >= 0.6 is 0 Å². The summed E-state index contributed by atoms with van der Waals surface area (Å²) in [6, 6.07) is 7.84. The molecule has 2 aromatic rings. The number of para-hydroxylation sites is 2. The number of carbonyl (C=O) groups is 1. The van der Waals surface area contributed by atoms with Crippen LogP contribution in [0.25, 0.3) is 11.0 Å². The highest BCUT2D eigenvalue weighted by Crippen LogP contribution is 2.18. The fourth-order valence-corrected chi connectivity index (χ4v) is 2.15. The molecule has 0 saturated carbocycles. The van der Waals surface area contributed by atoms with Crippen molar-refractivity contribution in [1.82, 2.24) is 9.55 Å². The molecular formula is C14H18N2O. The minimum Gasteiger partial charge on any atom is -0.325 e. The zero-order chi connectivity index (χ0) is 12.4. The molecule has 1 unspecified atom stereocenters. The number of imidazole rings is 1. The molecule has 1 heterocycles. The standard InChI is InChI=1S/C14H18N2O/c1-4-7-10(2)13(17)14-15-11-8-5-6-9-12(11)16(14)3/h5-6,8-10H,4,7H2,1-3H3. The van der Waals surface area contributed by atoms with Crippen molar-refractivity contribution in [3.05, 3.63) is 30.1 Å². The van der Waals surface area contributed by atoms with Crippen molar-refractivity contribution in [3.63, 3.8) is 0 Å². The maximum atomic E-state index is 12.2. The fraction of sp³-hybridized carbons (Fsp3) is 0.429. The van der Waals surface area contributed by atoms with Crippen LogP contribution < -0.4 is 0 Å². The molecule has 0 N–H and O–H groups in total. The molecule has 0 aliphatic heterocycles. The molecule has 0 saturated heterocycles. The first kappa shape index (κ1) is 11.8. The molecule has 1 aromatic carbocycles. The van der Waals surface area contributed by atoms with Crippen LogP contribution in [0, 0.1) is 5.92 Å². The van der Waals surface area contributed by atoms with Gasteiger partial charge in [-0.2, -0.15) is 0 Å². The van der Waals surface area contributed by atoms with Gasteiger partial charge in [0, 0.05) is 13.0 Å². The van der Waals surface area contributed by atoms with E-state index < -0.39 is 0 Å². The number of rotatable bonds is 4. The summed E-state index contributed by atoms with van der Waals surface area (Å²) >= 11 is 0. The third-order valence-corrected chi connectivity index (χ3v) is 3.18. The van der Waals surface area contributed by atoms with Gasteiger partial charge in [-0.3, -0.25) is 4.79 Å². The lowest BCUT2D eigenvalue weighted by molar-refractivity contribution is 0.0910. The van der Waals surface area contributed by atoms with Gasteiger partial charge < -0.3 is 4.57 Å². The van der Waals surface area contributed by atoms with Gasteiger partial charge in [-0.05, 0) is 18.6 Å². The topological polar surface area (TPSA) is 34.9 Å². The number of aryl methyl sites for hydroxylation is 1. The van der Waals surface area contributed by atoms with Gasteiger partial charge in [0.25, 0.3) is 0 Å². The molecule has 0 amide bonds. The van der Waals surface area contributed by atoms with Crippen LogP contribution in [0.4, 0.5) is 0 Å². The van der Waals surface area contributed by atoms with Crippen LogP contribution in [-0.2, 0) is 7.05 Å². The highest BCUT2D eigenvalue weighted by atomic mass is 16.1. The Balaban J connectivity index is 2.42. The predicted octanol–water partition coefficient (Wildman–Crippen LogP) is 3.19. The predicted molar refractivity (Wildman–Crippen MR) is 69.1 cm³/mol. The van der Waals surface area contributed by atoms with E-state index in [-0.39, 0.29) is 11.7 Å². The van der Waals surface area contributed by atoms with E-state index in [1.165, 1.54) is 0 Å². The third-order valence-electron chi connectivity index (χ3n) is 3.18. The van der Waals surface area contributed by atoms with Crippen LogP contribution in [0.15, 0.2) is 24.3 Å². The normalized spacial score (nSPS) is 12.9. The van der Waals surface area contributed by atoms with Gasteiger partial charge in [-0.15, -0.1) is 0 Å². The van der Waals surface area contributed by atoms with Crippen molar-refractivity contribution in [1.29, 1.82) is 0 Å². The molecular weight excluding hydrogens is 212 g/mol. The molecule has 0 fully saturated rings. The Morgan fingerprint density at radius 2 is 2.12 bits per heavy atom. The molecule has 2 rings (SSSR count). The lowest BCUT2D eigenvalue weighted by Gasteiger charge is -2.08. The Labute approximate surface area is 101 Å². The van der Waals surface area contributed by atoms with Gasteiger partial charge in [-0.1, -0.05) is 32.4 Å². The molecule has 0 aliphatic carbocycles.